The molecule has 0 fully saturated rings. The highest BCUT2D eigenvalue weighted by molar-refractivity contribution is 7.99. The highest BCUT2D eigenvalue weighted by Crippen LogP contribution is 2.13. The van der Waals surface area contributed by atoms with E-state index < -0.39 is 5.97 Å². The van der Waals surface area contributed by atoms with E-state index in [1.807, 2.05) is 4.57 Å². The Morgan fingerprint density at radius 1 is 1.62 bits per heavy atom. The van der Waals surface area contributed by atoms with Crippen LogP contribution in [0.15, 0.2) is 11.5 Å². The highest BCUT2D eigenvalue weighted by atomic mass is 32.2. The average molecular weight is 244 g/mol. The van der Waals surface area contributed by atoms with Crippen LogP contribution in [0.25, 0.3) is 0 Å². The fourth-order valence-corrected chi connectivity index (χ4v) is 1.89. The molecule has 1 rings (SSSR count). The minimum absolute atomic E-state index is 0.0857. The van der Waals surface area contributed by atoms with E-state index in [0.717, 1.165) is 31.3 Å². The number of quaternary nitrogens is 1. The van der Waals surface area contributed by atoms with Crippen molar-refractivity contribution in [3.05, 3.63) is 6.33 Å². The molecule has 1 aromatic heterocycles. The highest BCUT2D eigenvalue weighted by Gasteiger charge is 2.05. The van der Waals surface area contributed by atoms with Gasteiger partial charge in [-0.15, -0.1) is 10.2 Å². The van der Waals surface area contributed by atoms with Crippen LogP contribution >= 0.6 is 11.8 Å². The van der Waals surface area contributed by atoms with Crippen LogP contribution in [0.3, 0.4) is 0 Å². The van der Waals surface area contributed by atoms with Gasteiger partial charge < -0.3 is 19.4 Å². The molecule has 0 bridgehead atoms. The van der Waals surface area contributed by atoms with E-state index in [2.05, 4.69) is 24.3 Å². The van der Waals surface area contributed by atoms with Gasteiger partial charge in [-0.3, -0.25) is 0 Å². The smallest absolute Gasteiger partial charge is 0.191 e. The van der Waals surface area contributed by atoms with Crippen molar-refractivity contribution in [2.45, 2.75) is 18.1 Å². The van der Waals surface area contributed by atoms with E-state index in [0.29, 0.717) is 5.16 Å². The van der Waals surface area contributed by atoms with E-state index in [1.165, 1.54) is 4.90 Å². The molecule has 0 spiro atoms. The Morgan fingerprint density at radius 3 is 3.00 bits per heavy atom. The number of rotatable bonds is 7. The van der Waals surface area contributed by atoms with Crippen molar-refractivity contribution >= 4 is 17.7 Å². The summed E-state index contributed by atoms with van der Waals surface area (Å²) in [5.74, 6) is -1.17. The van der Waals surface area contributed by atoms with Gasteiger partial charge in [0.05, 0.1) is 26.6 Å². The summed E-state index contributed by atoms with van der Waals surface area (Å²) in [6.45, 7) is 1.87. The normalized spacial score (nSPS) is 10.9. The number of aliphatic carboxylic acids is 1. The van der Waals surface area contributed by atoms with Crippen molar-refractivity contribution in [3.8, 4) is 0 Å². The van der Waals surface area contributed by atoms with Gasteiger partial charge in [-0.25, -0.2) is 0 Å². The van der Waals surface area contributed by atoms with Crippen LogP contribution in [0, 0.1) is 0 Å². The van der Waals surface area contributed by atoms with Crippen LogP contribution in [0.5, 0.6) is 0 Å². The first-order valence-corrected chi connectivity index (χ1v) is 6.07. The molecule has 7 heteroatoms. The van der Waals surface area contributed by atoms with Gasteiger partial charge in [0.1, 0.15) is 6.33 Å². The second-order valence-corrected chi connectivity index (χ2v) is 4.72. The maximum Gasteiger partial charge on any atom is 0.191 e. The number of hydrogen-bond donors (Lipinski definition) is 1. The molecule has 90 valence electrons. The van der Waals surface area contributed by atoms with Crippen molar-refractivity contribution in [1.82, 2.24) is 14.8 Å². The zero-order chi connectivity index (χ0) is 12.0. The molecule has 1 N–H and O–H groups in total. The van der Waals surface area contributed by atoms with Gasteiger partial charge in [0, 0.05) is 18.7 Å². The third kappa shape index (κ3) is 4.63. The molecule has 0 aliphatic heterocycles. The van der Waals surface area contributed by atoms with Gasteiger partial charge in [0.15, 0.2) is 5.16 Å². The molecule has 1 aromatic rings. The van der Waals surface area contributed by atoms with Gasteiger partial charge in [0.2, 0.25) is 0 Å². The Hall–Kier alpha value is -1.08. The number of nitrogens with one attached hydrogen (secondary N) is 1. The largest absolute Gasteiger partial charge is 0.549 e. The summed E-state index contributed by atoms with van der Waals surface area (Å²) >= 11 is 1.14. The number of carboxylic acids is 1. The lowest BCUT2D eigenvalue weighted by molar-refractivity contribution is -0.858. The van der Waals surface area contributed by atoms with Crippen LogP contribution in [0.2, 0.25) is 0 Å². The summed E-state index contributed by atoms with van der Waals surface area (Å²) in [5.41, 5.74) is 0. The number of thioether (sulfide) groups is 1. The minimum Gasteiger partial charge on any atom is -0.549 e. The van der Waals surface area contributed by atoms with Gasteiger partial charge in [-0.1, -0.05) is 11.8 Å². The molecule has 0 aliphatic carbocycles. The number of carbonyl (C=O) groups is 1. The number of aromatic nitrogens is 3. The molecule has 0 radical (unpaired) electrons. The summed E-state index contributed by atoms with van der Waals surface area (Å²) in [6, 6.07) is 0. The predicted molar refractivity (Wildman–Crippen MR) is 58.0 cm³/mol. The van der Waals surface area contributed by atoms with Crippen molar-refractivity contribution in [2.24, 2.45) is 0 Å². The summed E-state index contributed by atoms with van der Waals surface area (Å²) in [4.78, 5) is 11.7. The monoisotopic (exact) mass is 244 g/mol. The Balaban J connectivity index is 2.40. The molecule has 0 saturated heterocycles. The molecule has 0 aliphatic rings. The van der Waals surface area contributed by atoms with E-state index in [1.54, 1.807) is 6.33 Å². The van der Waals surface area contributed by atoms with E-state index in [9.17, 15) is 9.90 Å². The lowest BCUT2D eigenvalue weighted by Gasteiger charge is -2.08. The summed E-state index contributed by atoms with van der Waals surface area (Å²) < 4.78 is 1.87. The van der Waals surface area contributed by atoms with E-state index >= 15 is 0 Å². The number of hydrogen-bond acceptors (Lipinski definition) is 5. The Kier molecular flexibility index (Phi) is 5.27. The summed E-state index contributed by atoms with van der Waals surface area (Å²) in [6.07, 6.45) is 2.64. The first kappa shape index (κ1) is 13.0. The van der Waals surface area contributed by atoms with Gasteiger partial charge in [0.25, 0.3) is 0 Å². The fourth-order valence-electron chi connectivity index (χ4n) is 1.24. The van der Waals surface area contributed by atoms with Crippen molar-refractivity contribution in [2.75, 3.05) is 26.4 Å². The summed E-state index contributed by atoms with van der Waals surface area (Å²) in [7, 11) is 4.19. The van der Waals surface area contributed by atoms with E-state index in [4.69, 9.17) is 0 Å². The third-order valence-electron chi connectivity index (χ3n) is 1.97. The number of carboxylic acid groups (broad SMARTS) is 1. The zero-order valence-corrected chi connectivity index (χ0v) is 10.3. The molecule has 1 heterocycles. The van der Waals surface area contributed by atoms with Crippen molar-refractivity contribution in [3.63, 3.8) is 0 Å². The second kappa shape index (κ2) is 6.49. The molecule has 0 atom stereocenters. The molecule has 0 aromatic carbocycles. The average Bonchev–Trinajstić information content (AvgIpc) is 2.62. The number of carbonyl (C=O) groups excluding carboxylic acids is 1. The number of nitrogens with zero attached hydrogens (tertiary/aromatic N) is 3. The van der Waals surface area contributed by atoms with Crippen molar-refractivity contribution in [1.29, 1.82) is 0 Å². The second-order valence-electron chi connectivity index (χ2n) is 3.78. The van der Waals surface area contributed by atoms with Crippen molar-refractivity contribution < 1.29 is 14.8 Å². The van der Waals surface area contributed by atoms with Crippen LogP contribution < -0.4 is 10.0 Å². The molecule has 0 amide bonds. The lowest BCUT2D eigenvalue weighted by atomic mass is 10.4. The Labute approximate surface area is 98.7 Å². The van der Waals surface area contributed by atoms with Crippen LogP contribution in [0.4, 0.5) is 0 Å². The van der Waals surface area contributed by atoms with Gasteiger partial charge in [-0.05, 0) is 0 Å². The maximum absolute atomic E-state index is 10.3. The molecule has 0 unspecified atom stereocenters. The van der Waals surface area contributed by atoms with Gasteiger partial charge >= 0.3 is 0 Å². The minimum atomic E-state index is -1.09. The third-order valence-corrected chi connectivity index (χ3v) is 2.93. The molecular formula is C9H16N4O2S. The Bertz CT molecular complexity index is 340. The summed E-state index contributed by atoms with van der Waals surface area (Å²) in [5, 5.41) is 18.6. The SMILES string of the molecule is C[NH+](C)CCCn1cnnc1SCC(=O)[O-]. The van der Waals surface area contributed by atoms with Crippen LogP contribution in [-0.4, -0.2) is 47.1 Å². The quantitative estimate of drug-likeness (QED) is 0.544. The first-order valence-electron chi connectivity index (χ1n) is 5.09. The van der Waals surface area contributed by atoms with Gasteiger partial charge in [-0.2, -0.15) is 0 Å². The topological polar surface area (TPSA) is 75.3 Å². The first-order chi connectivity index (χ1) is 7.59. The number of aryl methyl sites for hydroxylation is 1. The standard InChI is InChI=1S/C9H16N4O2S/c1-12(2)4-3-5-13-7-10-11-9(13)16-6-8(14)15/h7H,3-6H2,1-2H3,(H,14,15). The molecular weight excluding hydrogens is 228 g/mol. The van der Waals surface area contributed by atoms with Crippen LogP contribution in [0.1, 0.15) is 6.42 Å². The Morgan fingerprint density at radius 2 is 2.38 bits per heavy atom. The zero-order valence-electron chi connectivity index (χ0n) is 9.47. The molecule has 0 saturated carbocycles. The van der Waals surface area contributed by atoms with Crippen LogP contribution in [-0.2, 0) is 11.3 Å². The predicted octanol–water partition coefficient (Wildman–Crippen LogP) is -2.35. The van der Waals surface area contributed by atoms with E-state index in [-0.39, 0.29) is 5.75 Å². The molecule has 16 heavy (non-hydrogen) atoms. The lowest BCUT2D eigenvalue weighted by Crippen LogP contribution is -3.05. The maximum atomic E-state index is 10.3. The molecule has 6 nitrogen and oxygen atoms in total. The fraction of sp³-hybridized carbons (Fsp3) is 0.667.